The van der Waals surface area contributed by atoms with Gasteiger partial charge in [0.1, 0.15) is 29.4 Å². The molecule has 2 aromatic heterocycles. The molecule has 12 nitrogen and oxygen atoms in total. The number of hydrogen-bond donors (Lipinski definition) is 0. The third-order valence-electron chi connectivity index (χ3n) is 6.44. The molecule has 0 saturated carbocycles. The fraction of sp³-hybridized carbons (Fsp3) is 0.185. The summed E-state index contributed by atoms with van der Waals surface area (Å²) >= 11 is 11.7. The molecule has 0 spiro atoms. The van der Waals surface area contributed by atoms with Crippen molar-refractivity contribution in [2.45, 2.75) is 18.8 Å². The van der Waals surface area contributed by atoms with Crippen LogP contribution in [-0.4, -0.2) is 30.2 Å². The van der Waals surface area contributed by atoms with E-state index < -0.39 is 109 Å². The number of aromatic nitrogens is 4. The van der Waals surface area contributed by atoms with Crippen LogP contribution in [0.3, 0.4) is 0 Å². The molecule has 4 aromatic rings. The summed E-state index contributed by atoms with van der Waals surface area (Å²) in [6.07, 6.45) is -11.6. The standard InChI is InChI=1S/C27H14Cl2F8N4O8/c1-38-18(26(32,33)34)7-20(42)40(24(38)46)14-5-16(10(28)3-12(14)30)48-22(44)9-23(45)49-17-6-15(13(31)4-11(17)29)41-21(43)8-19(27(35,36)37)39(2)25(41)47/h3-8H,9H2,1-2H3. The first-order chi connectivity index (χ1) is 22.5. The van der Waals surface area contributed by atoms with Gasteiger partial charge in [0.25, 0.3) is 11.1 Å². The summed E-state index contributed by atoms with van der Waals surface area (Å²) in [5.74, 6) is -7.42. The molecule has 0 aliphatic rings. The SMILES string of the molecule is Cn1c(C(F)(F)F)cc(=O)n(-c2cc(OC(=O)CC(=O)Oc3cc(-n4c(=O)cc(C(F)(F)F)n(C)c4=O)c(F)cc3Cl)c(Cl)cc2F)c1=O. The fourth-order valence-corrected chi connectivity index (χ4v) is 4.59. The second-order valence-electron chi connectivity index (χ2n) is 9.68. The molecule has 0 N–H and O–H groups in total. The maximum atomic E-state index is 14.7. The maximum absolute atomic E-state index is 14.7. The normalized spacial score (nSPS) is 11.8. The molecule has 0 fully saturated rings. The molecule has 22 heteroatoms. The van der Waals surface area contributed by atoms with Crippen molar-refractivity contribution < 1.29 is 54.2 Å². The number of rotatable bonds is 6. The second kappa shape index (κ2) is 13.0. The summed E-state index contributed by atoms with van der Waals surface area (Å²) < 4.78 is 118. The first-order valence-corrected chi connectivity index (χ1v) is 13.5. The lowest BCUT2D eigenvalue weighted by atomic mass is 10.2. The van der Waals surface area contributed by atoms with Crippen LogP contribution in [0.25, 0.3) is 11.4 Å². The van der Waals surface area contributed by atoms with Gasteiger partial charge in [0, 0.05) is 38.4 Å². The Morgan fingerprint density at radius 1 is 0.633 bits per heavy atom. The Kier molecular flexibility index (Phi) is 9.70. The van der Waals surface area contributed by atoms with Crippen LogP contribution in [0.1, 0.15) is 17.8 Å². The van der Waals surface area contributed by atoms with E-state index in [0.717, 1.165) is 0 Å². The molecule has 4 rings (SSSR count). The molecule has 0 aliphatic heterocycles. The smallest absolute Gasteiger partial charge is 0.424 e. The highest BCUT2D eigenvalue weighted by molar-refractivity contribution is 6.32. The predicted molar refractivity (Wildman–Crippen MR) is 150 cm³/mol. The largest absolute Gasteiger partial charge is 0.431 e. The number of nitrogens with zero attached hydrogens (tertiary/aromatic N) is 4. The highest BCUT2D eigenvalue weighted by Crippen LogP contribution is 2.32. The van der Waals surface area contributed by atoms with Crippen molar-refractivity contribution in [1.82, 2.24) is 18.3 Å². The van der Waals surface area contributed by atoms with Crippen LogP contribution < -0.4 is 32.0 Å². The number of carbonyl (C=O) groups is 2. The van der Waals surface area contributed by atoms with Gasteiger partial charge in [-0.25, -0.2) is 27.5 Å². The molecule has 0 radical (unpaired) electrons. The summed E-state index contributed by atoms with van der Waals surface area (Å²) in [6.45, 7) is 0. The average molecular weight is 745 g/mol. The number of alkyl halides is 6. The van der Waals surface area contributed by atoms with Crippen LogP contribution in [0, 0.1) is 11.6 Å². The number of ether oxygens (including phenoxy) is 2. The van der Waals surface area contributed by atoms with E-state index in [1.54, 1.807) is 0 Å². The quantitative estimate of drug-likeness (QED) is 0.125. The van der Waals surface area contributed by atoms with Gasteiger partial charge in [-0.15, -0.1) is 0 Å². The summed E-state index contributed by atoms with van der Waals surface area (Å²) in [4.78, 5) is 74.9. The van der Waals surface area contributed by atoms with E-state index in [1.165, 1.54) is 0 Å². The minimum atomic E-state index is -5.13. The van der Waals surface area contributed by atoms with E-state index in [0.29, 0.717) is 38.4 Å². The van der Waals surface area contributed by atoms with Gasteiger partial charge >= 0.3 is 35.7 Å². The second-order valence-corrected chi connectivity index (χ2v) is 10.5. The van der Waals surface area contributed by atoms with Crippen LogP contribution in [0.2, 0.25) is 10.0 Å². The number of esters is 2. The van der Waals surface area contributed by atoms with Crippen molar-refractivity contribution in [2.75, 3.05) is 0 Å². The van der Waals surface area contributed by atoms with Gasteiger partial charge < -0.3 is 9.47 Å². The lowest BCUT2D eigenvalue weighted by Gasteiger charge is -2.15. The Bertz CT molecular complexity index is 2130. The molecular weight excluding hydrogens is 731 g/mol. The molecule has 0 saturated heterocycles. The minimum absolute atomic E-state index is 0.00888. The summed E-state index contributed by atoms with van der Waals surface area (Å²) in [5.41, 5.74) is -11.8. The van der Waals surface area contributed by atoms with Crippen LogP contribution in [0.4, 0.5) is 35.1 Å². The van der Waals surface area contributed by atoms with E-state index in [9.17, 15) is 63.9 Å². The zero-order valence-electron chi connectivity index (χ0n) is 24.0. The van der Waals surface area contributed by atoms with Crippen molar-refractivity contribution in [3.05, 3.63) is 111 Å². The molecule has 49 heavy (non-hydrogen) atoms. The monoisotopic (exact) mass is 744 g/mol. The average Bonchev–Trinajstić information content (AvgIpc) is 2.96. The number of halogens is 10. The number of hydrogen-bond acceptors (Lipinski definition) is 8. The number of carbonyl (C=O) groups excluding carboxylic acids is 2. The van der Waals surface area contributed by atoms with Crippen LogP contribution >= 0.6 is 23.2 Å². The summed E-state index contributed by atoms with van der Waals surface area (Å²) in [6, 6.07) is 1.90. The van der Waals surface area contributed by atoms with Crippen LogP contribution in [0.5, 0.6) is 11.5 Å². The van der Waals surface area contributed by atoms with E-state index in [-0.39, 0.29) is 30.4 Å². The topological polar surface area (TPSA) is 141 Å². The Morgan fingerprint density at radius 3 is 1.27 bits per heavy atom. The van der Waals surface area contributed by atoms with Crippen molar-refractivity contribution in [2.24, 2.45) is 14.1 Å². The Morgan fingerprint density at radius 2 is 0.959 bits per heavy atom. The molecule has 0 atom stereocenters. The van der Waals surface area contributed by atoms with Gasteiger partial charge in [0.15, 0.2) is 11.5 Å². The lowest BCUT2D eigenvalue weighted by molar-refractivity contribution is -0.145. The van der Waals surface area contributed by atoms with E-state index in [1.807, 2.05) is 0 Å². The molecule has 2 heterocycles. The molecule has 260 valence electrons. The molecule has 0 bridgehead atoms. The zero-order valence-corrected chi connectivity index (χ0v) is 25.5. The van der Waals surface area contributed by atoms with Crippen molar-refractivity contribution in [1.29, 1.82) is 0 Å². The third-order valence-corrected chi connectivity index (χ3v) is 7.03. The molecule has 0 unspecified atom stereocenters. The first-order valence-electron chi connectivity index (χ1n) is 12.7. The van der Waals surface area contributed by atoms with Crippen molar-refractivity contribution in [3.8, 4) is 22.9 Å². The predicted octanol–water partition coefficient (Wildman–Crippen LogP) is 3.91. The summed E-state index contributed by atoms with van der Waals surface area (Å²) in [7, 11) is 1.30. The van der Waals surface area contributed by atoms with Gasteiger partial charge in [0.2, 0.25) is 0 Å². The van der Waals surface area contributed by atoms with E-state index in [4.69, 9.17) is 32.7 Å². The Balaban J connectivity index is 1.61. The fourth-order valence-electron chi connectivity index (χ4n) is 4.21. The molecule has 2 aromatic carbocycles. The highest BCUT2D eigenvalue weighted by atomic mass is 35.5. The first kappa shape index (κ1) is 36.6. The van der Waals surface area contributed by atoms with Crippen molar-refractivity contribution in [3.63, 3.8) is 0 Å². The van der Waals surface area contributed by atoms with Gasteiger partial charge in [-0.05, 0) is 12.1 Å². The van der Waals surface area contributed by atoms with Gasteiger partial charge in [0.05, 0.1) is 21.4 Å². The maximum Gasteiger partial charge on any atom is 0.431 e. The zero-order chi connectivity index (χ0) is 36.9. The number of benzene rings is 2. The highest BCUT2D eigenvalue weighted by Gasteiger charge is 2.36. The molecule has 0 aliphatic carbocycles. The lowest BCUT2D eigenvalue weighted by Crippen LogP contribution is -2.41. The van der Waals surface area contributed by atoms with Crippen LogP contribution in [-0.2, 0) is 36.0 Å². The molecular formula is C27H14Cl2F8N4O8. The minimum Gasteiger partial charge on any atom is -0.424 e. The summed E-state index contributed by atoms with van der Waals surface area (Å²) in [5, 5.41) is -1.34. The third kappa shape index (κ3) is 7.28. The van der Waals surface area contributed by atoms with E-state index in [2.05, 4.69) is 0 Å². The van der Waals surface area contributed by atoms with Gasteiger partial charge in [-0.1, -0.05) is 23.2 Å². The van der Waals surface area contributed by atoms with Gasteiger partial charge in [-0.3, -0.25) is 28.3 Å². The Hall–Kier alpha value is -5.24. The van der Waals surface area contributed by atoms with Gasteiger partial charge in [-0.2, -0.15) is 26.3 Å². The van der Waals surface area contributed by atoms with E-state index >= 15 is 0 Å². The van der Waals surface area contributed by atoms with Crippen molar-refractivity contribution >= 4 is 35.1 Å². The molecule has 0 amide bonds. The van der Waals surface area contributed by atoms with Crippen LogP contribution in [0.15, 0.2) is 55.6 Å². The Labute approximate surface area is 274 Å².